The predicted molar refractivity (Wildman–Crippen MR) is 97.4 cm³/mol. The van der Waals surface area contributed by atoms with Gasteiger partial charge in [-0.2, -0.15) is 5.11 Å². The number of likely N-dealkylation sites (tertiary alicyclic amines) is 1. The van der Waals surface area contributed by atoms with Crippen LogP contribution in [-0.2, 0) is 22.4 Å². The molecular weight excluding hydrogens is 344 g/mol. The van der Waals surface area contributed by atoms with Crippen molar-refractivity contribution in [2.45, 2.75) is 32.2 Å². The summed E-state index contributed by atoms with van der Waals surface area (Å²) in [5.74, 6) is 2.41. The molecule has 0 bridgehead atoms. The van der Waals surface area contributed by atoms with Crippen LogP contribution in [0.3, 0.4) is 0 Å². The molecule has 0 spiro atoms. The van der Waals surface area contributed by atoms with Crippen LogP contribution in [0.15, 0.2) is 22.4 Å². The van der Waals surface area contributed by atoms with Gasteiger partial charge in [0.05, 0.1) is 0 Å². The molecule has 3 atom stereocenters. The number of rotatable bonds is 2. The van der Waals surface area contributed by atoms with E-state index in [1.165, 1.54) is 17.3 Å². The van der Waals surface area contributed by atoms with Gasteiger partial charge in [-0.3, -0.25) is 9.59 Å². The summed E-state index contributed by atoms with van der Waals surface area (Å²) in [6.07, 6.45) is 6.16. The summed E-state index contributed by atoms with van der Waals surface area (Å²) >= 11 is 0. The smallest absolute Gasteiger partial charge is 0.287 e. The second-order valence-corrected chi connectivity index (χ2v) is 7.90. The van der Waals surface area contributed by atoms with E-state index in [0.29, 0.717) is 11.8 Å². The number of anilines is 1. The van der Waals surface area contributed by atoms with Crippen molar-refractivity contribution in [3.05, 3.63) is 29.2 Å². The fourth-order valence-corrected chi connectivity index (χ4v) is 4.82. The molecule has 27 heavy (non-hydrogen) atoms. The Kier molecular flexibility index (Phi) is 3.80. The maximum atomic E-state index is 12.7. The van der Waals surface area contributed by atoms with Crippen molar-refractivity contribution >= 4 is 17.6 Å². The van der Waals surface area contributed by atoms with Crippen LogP contribution in [0.4, 0.5) is 5.82 Å². The minimum atomic E-state index is -0.648. The Hall–Kier alpha value is -2.64. The monoisotopic (exact) mass is 366 g/mol. The molecule has 140 valence electrons. The molecule has 2 saturated heterocycles. The minimum Gasteiger partial charge on any atom is -0.356 e. The predicted octanol–water partition coefficient (Wildman–Crippen LogP) is 1.09. The second kappa shape index (κ2) is 6.21. The third-order valence-corrected chi connectivity index (χ3v) is 6.08. The fraction of sp³-hybridized carbons (Fsp3) is 0.579. The highest BCUT2D eigenvalue weighted by molar-refractivity contribution is 5.92. The van der Waals surface area contributed by atoms with Crippen molar-refractivity contribution in [3.8, 4) is 0 Å². The lowest BCUT2D eigenvalue weighted by molar-refractivity contribution is -0.130. The average Bonchev–Trinajstić information content (AvgIpc) is 3.35. The maximum absolute atomic E-state index is 12.7. The van der Waals surface area contributed by atoms with Crippen LogP contribution in [0.1, 0.15) is 23.5 Å². The lowest BCUT2D eigenvalue weighted by Crippen LogP contribution is -2.39. The number of azo groups is 1. The molecule has 0 aromatic carbocycles. The van der Waals surface area contributed by atoms with Crippen LogP contribution in [0.2, 0.25) is 0 Å². The van der Waals surface area contributed by atoms with E-state index in [4.69, 9.17) is 4.98 Å². The third-order valence-electron chi connectivity index (χ3n) is 6.08. The third kappa shape index (κ3) is 2.83. The van der Waals surface area contributed by atoms with Gasteiger partial charge in [0.2, 0.25) is 0 Å². The average molecular weight is 366 g/mol. The van der Waals surface area contributed by atoms with Gasteiger partial charge in [-0.25, -0.2) is 9.97 Å². The Bertz CT molecular complexity index is 849. The number of fused-ring (bicyclic) bond motifs is 2. The Balaban J connectivity index is 1.28. The zero-order valence-electron chi connectivity index (χ0n) is 15.3. The first kappa shape index (κ1) is 16.5. The summed E-state index contributed by atoms with van der Waals surface area (Å²) in [5, 5.41) is 7.33. The van der Waals surface area contributed by atoms with E-state index in [1.807, 2.05) is 11.8 Å². The van der Waals surface area contributed by atoms with Crippen molar-refractivity contribution in [2.24, 2.45) is 22.1 Å². The molecule has 1 aromatic rings. The zero-order chi connectivity index (χ0) is 18.5. The number of aromatic nitrogens is 2. The molecular formula is C19H22N6O2. The molecule has 4 aliphatic rings. The van der Waals surface area contributed by atoms with Crippen molar-refractivity contribution < 1.29 is 9.59 Å². The molecule has 1 aliphatic carbocycles. The summed E-state index contributed by atoms with van der Waals surface area (Å²) in [5.41, 5.74) is 2.54. The Morgan fingerprint density at radius 2 is 1.89 bits per heavy atom. The number of hydrogen-bond donors (Lipinski definition) is 0. The van der Waals surface area contributed by atoms with E-state index < -0.39 is 11.9 Å². The highest BCUT2D eigenvalue weighted by Gasteiger charge is 2.44. The van der Waals surface area contributed by atoms with E-state index >= 15 is 0 Å². The summed E-state index contributed by atoms with van der Waals surface area (Å²) in [6, 6.07) is -0.648. The van der Waals surface area contributed by atoms with Gasteiger partial charge in [0, 0.05) is 55.3 Å². The standard InChI is InChI=1S/C19H22N6O2/c1-11-20-15-4-2-3-14(15)18(21-11)24-7-12-9-25(10-13(12)8-24)19(27)16-5-6-17(26)23-22-16/h5-6,12-13,16H,2-4,7-10H2,1H3. The van der Waals surface area contributed by atoms with Gasteiger partial charge in [-0.1, -0.05) is 0 Å². The first-order valence-electron chi connectivity index (χ1n) is 9.61. The molecule has 1 aromatic heterocycles. The molecule has 4 heterocycles. The maximum Gasteiger partial charge on any atom is 0.287 e. The molecule has 0 saturated carbocycles. The summed E-state index contributed by atoms with van der Waals surface area (Å²) < 4.78 is 0. The topological polar surface area (TPSA) is 91.1 Å². The fourth-order valence-electron chi connectivity index (χ4n) is 4.82. The Labute approximate surface area is 157 Å². The molecule has 3 unspecified atom stereocenters. The van der Waals surface area contributed by atoms with Crippen LogP contribution in [0, 0.1) is 18.8 Å². The van der Waals surface area contributed by atoms with Gasteiger partial charge in [-0.05, 0) is 32.3 Å². The highest BCUT2D eigenvalue weighted by Crippen LogP contribution is 2.37. The quantitative estimate of drug-likeness (QED) is 0.781. The molecule has 5 rings (SSSR count). The summed E-state index contributed by atoms with van der Waals surface area (Å²) in [7, 11) is 0. The molecule has 8 nitrogen and oxygen atoms in total. The van der Waals surface area contributed by atoms with Crippen LogP contribution >= 0.6 is 0 Å². The van der Waals surface area contributed by atoms with E-state index in [-0.39, 0.29) is 5.91 Å². The van der Waals surface area contributed by atoms with Crippen LogP contribution < -0.4 is 4.90 Å². The number of nitrogens with zero attached hydrogens (tertiary/aromatic N) is 6. The SMILES string of the molecule is Cc1nc2c(c(N3CC4CN(C(=O)C5C=CC(=O)N=N5)CC4C3)n1)CCC2. The van der Waals surface area contributed by atoms with Crippen molar-refractivity contribution in [1.82, 2.24) is 14.9 Å². The zero-order valence-corrected chi connectivity index (χ0v) is 15.3. The van der Waals surface area contributed by atoms with Gasteiger partial charge < -0.3 is 9.80 Å². The van der Waals surface area contributed by atoms with Gasteiger partial charge in [-0.15, -0.1) is 5.11 Å². The molecule has 0 N–H and O–H groups in total. The second-order valence-electron chi connectivity index (χ2n) is 7.90. The van der Waals surface area contributed by atoms with Crippen LogP contribution in [0.5, 0.6) is 0 Å². The molecule has 2 amide bonds. The van der Waals surface area contributed by atoms with Gasteiger partial charge in [0.25, 0.3) is 11.8 Å². The van der Waals surface area contributed by atoms with Gasteiger partial charge in [0.1, 0.15) is 11.6 Å². The van der Waals surface area contributed by atoms with Crippen molar-refractivity contribution in [2.75, 3.05) is 31.1 Å². The molecule has 3 aliphatic heterocycles. The number of carbonyl (C=O) groups excluding carboxylic acids is 2. The Morgan fingerprint density at radius 3 is 2.59 bits per heavy atom. The summed E-state index contributed by atoms with van der Waals surface area (Å²) in [4.78, 5) is 37.4. The van der Waals surface area contributed by atoms with E-state index in [0.717, 1.165) is 57.1 Å². The molecule has 2 fully saturated rings. The lowest BCUT2D eigenvalue weighted by Gasteiger charge is -2.25. The van der Waals surface area contributed by atoms with E-state index in [2.05, 4.69) is 20.1 Å². The largest absolute Gasteiger partial charge is 0.356 e. The minimum absolute atomic E-state index is 0.0535. The number of carbonyl (C=O) groups is 2. The van der Waals surface area contributed by atoms with E-state index in [9.17, 15) is 9.59 Å². The van der Waals surface area contributed by atoms with Crippen LogP contribution in [0.25, 0.3) is 0 Å². The number of aryl methyl sites for hydroxylation is 2. The first-order chi connectivity index (χ1) is 13.1. The first-order valence-corrected chi connectivity index (χ1v) is 9.61. The highest BCUT2D eigenvalue weighted by atomic mass is 16.2. The lowest BCUT2D eigenvalue weighted by atomic mass is 10.0. The van der Waals surface area contributed by atoms with Crippen molar-refractivity contribution in [1.29, 1.82) is 0 Å². The Morgan fingerprint density at radius 1 is 1.11 bits per heavy atom. The van der Waals surface area contributed by atoms with Gasteiger partial charge in [0.15, 0.2) is 6.04 Å². The van der Waals surface area contributed by atoms with E-state index in [1.54, 1.807) is 6.08 Å². The summed E-state index contributed by atoms with van der Waals surface area (Å²) in [6.45, 7) is 5.30. The number of hydrogen-bond acceptors (Lipinski definition) is 6. The number of amides is 2. The van der Waals surface area contributed by atoms with Crippen molar-refractivity contribution in [3.63, 3.8) is 0 Å². The molecule has 0 radical (unpaired) electrons. The van der Waals surface area contributed by atoms with Crippen LogP contribution in [-0.4, -0.2) is 58.9 Å². The normalized spacial score (nSPS) is 28.8. The van der Waals surface area contributed by atoms with Gasteiger partial charge >= 0.3 is 0 Å². The molecule has 8 heteroatoms.